The zero-order valence-electron chi connectivity index (χ0n) is 11.2. The Morgan fingerprint density at radius 1 is 1.33 bits per heavy atom. The predicted octanol–water partition coefficient (Wildman–Crippen LogP) is 3.24. The molecule has 0 saturated heterocycles. The molecule has 0 aliphatic heterocycles. The number of amides is 1. The third-order valence-electron chi connectivity index (χ3n) is 2.97. The normalized spacial score (nSPS) is 10.2. The van der Waals surface area contributed by atoms with Crippen LogP contribution in [-0.4, -0.2) is 16.0 Å². The Morgan fingerprint density at radius 3 is 2.67 bits per heavy atom. The van der Waals surface area contributed by atoms with Crippen LogP contribution in [0, 0.1) is 6.92 Å². The van der Waals surface area contributed by atoms with Crippen molar-refractivity contribution in [2.45, 2.75) is 6.92 Å². The standard InChI is InChI=1S/C15H13ClN2O2S/c1-8-3-2-4-11(13(8)14(17)21)18-15(20)10-6-5-9(16)7-12(10)19/h2-7,19H,1H3,(H2,17,21)(H,18,20). The quantitative estimate of drug-likeness (QED) is 0.759. The van der Waals surface area contributed by atoms with Crippen molar-refractivity contribution >= 4 is 40.4 Å². The first-order chi connectivity index (χ1) is 9.90. The number of aryl methyl sites for hydroxylation is 1. The number of hydrogen-bond donors (Lipinski definition) is 3. The zero-order chi connectivity index (χ0) is 15.6. The summed E-state index contributed by atoms with van der Waals surface area (Å²) in [5.41, 5.74) is 7.78. The maximum absolute atomic E-state index is 12.2. The number of carbonyl (C=O) groups is 1. The van der Waals surface area contributed by atoms with Gasteiger partial charge in [0.2, 0.25) is 0 Å². The van der Waals surface area contributed by atoms with Crippen molar-refractivity contribution in [1.82, 2.24) is 0 Å². The molecule has 6 heteroatoms. The van der Waals surface area contributed by atoms with Gasteiger partial charge in [0.05, 0.1) is 11.3 Å². The molecule has 2 rings (SSSR count). The smallest absolute Gasteiger partial charge is 0.259 e. The second-order valence-corrected chi connectivity index (χ2v) is 5.35. The van der Waals surface area contributed by atoms with Crippen LogP contribution in [-0.2, 0) is 0 Å². The molecule has 2 aromatic carbocycles. The van der Waals surface area contributed by atoms with E-state index in [2.05, 4.69) is 5.32 Å². The van der Waals surface area contributed by atoms with E-state index in [1.165, 1.54) is 18.2 Å². The third kappa shape index (κ3) is 3.32. The lowest BCUT2D eigenvalue weighted by Crippen LogP contribution is -2.18. The average molecular weight is 321 g/mol. The second-order valence-electron chi connectivity index (χ2n) is 4.48. The lowest BCUT2D eigenvalue weighted by molar-refractivity contribution is 0.102. The highest BCUT2D eigenvalue weighted by Crippen LogP contribution is 2.25. The SMILES string of the molecule is Cc1cccc(NC(=O)c2ccc(Cl)cc2O)c1C(N)=S. The number of anilines is 1. The van der Waals surface area contributed by atoms with Gasteiger partial charge in [-0.25, -0.2) is 0 Å². The molecule has 108 valence electrons. The summed E-state index contributed by atoms with van der Waals surface area (Å²) in [6, 6.07) is 9.62. The molecule has 0 radical (unpaired) electrons. The van der Waals surface area contributed by atoms with Crippen LogP contribution in [0.1, 0.15) is 21.5 Å². The first-order valence-corrected chi connectivity index (χ1v) is 6.88. The molecule has 4 nitrogen and oxygen atoms in total. The van der Waals surface area contributed by atoms with E-state index in [-0.39, 0.29) is 16.3 Å². The molecule has 0 unspecified atom stereocenters. The molecule has 0 saturated carbocycles. The minimum Gasteiger partial charge on any atom is -0.507 e. The number of rotatable bonds is 3. The second kappa shape index (κ2) is 6.11. The molecule has 0 aliphatic carbocycles. The van der Waals surface area contributed by atoms with E-state index in [1.54, 1.807) is 12.1 Å². The summed E-state index contributed by atoms with van der Waals surface area (Å²) >= 11 is 10.8. The van der Waals surface area contributed by atoms with Crippen LogP contribution in [0.25, 0.3) is 0 Å². The van der Waals surface area contributed by atoms with Crippen LogP contribution in [0.5, 0.6) is 5.75 Å². The van der Waals surface area contributed by atoms with E-state index < -0.39 is 5.91 Å². The van der Waals surface area contributed by atoms with Crippen LogP contribution < -0.4 is 11.1 Å². The Hall–Kier alpha value is -2.11. The van der Waals surface area contributed by atoms with Crippen LogP contribution in [0.15, 0.2) is 36.4 Å². The van der Waals surface area contributed by atoms with Gasteiger partial charge in [0.25, 0.3) is 5.91 Å². The number of nitrogens with one attached hydrogen (secondary N) is 1. The van der Waals surface area contributed by atoms with E-state index in [0.717, 1.165) is 5.56 Å². The van der Waals surface area contributed by atoms with Crippen molar-refractivity contribution in [2.24, 2.45) is 5.73 Å². The van der Waals surface area contributed by atoms with Crippen LogP contribution in [0.4, 0.5) is 5.69 Å². The van der Waals surface area contributed by atoms with Gasteiger partial charge in [-0.2, -0.15) is 0 Å². The first-order valence-electron chi connectivity index (χ1n) is 6.09. The Morgan fingerprint density at radius 2 is 2.05 bits per heavy atom. The average Bonchev–Trinajstić information content (AvgIpc) is 2.37. The van der Waals surface area contributed by atoms with Crippen LogP contribution >= 0.6 is 23.8 Å². The largest absolute Gasteiger partial charge is 0.507 e. The van der Waals surface area contributed by atoms with Gasteiger partial charge in [-0.15, -0.1) is 0 Å². The van der Waals surface area contributed by atoms with E-state index in [9.17, 15) is 9.90 Å². The fourth-order valence-electron chi connectivity index (χ4n) is 1.99. The minimum atomic E-state index is -0.465. The van der Waals surface area contributed by atoms with E-state index in [0.29, 0.717) is 16.3 Å². The van der Waals surface area contributed by atoms with Crippen LogP contribution in [0.2, 0.25) is 5.02 Å². The fraction of sp³-hybridized carbons (Fsp3) is 0.0667. The molecular weight excluding hydrogens is 308 g/mol. The number of aromatic hydroxyl groups is 1. The van der Waals surface area contributed by atoms with Crippen molar-refractivity contribution in [3.05, 3.63) is 58.1 Å². The summed E-state index contributed by atoms with van der Waals surface area (Å²) in [7, 11) is 0. The molecule has 2 aromatic rings. The minimum absolute atomic E-state index is 0.120. The van der Waals surface area contributed by atoms with Gasteiger partial charge in [0, 0.05) is 10.6 Å². The number of nitrogens with two attached hydrogens (primary N) is 1. The molecule has 0 aliphatic rings. The molecule has 0 aromatic heterocycles. The fourth-order valence-corrected chi connectivity index (χ4v) is 2.42. The lowest BCUT2D eigenvalue weighted by atomic mass is 10.1. The Bertz CT molecular complexity index is 732. The van der Waals surface area contributed by atoms with Gasteiger partial charge in [-0.05, 0) is 36.8 Å². The molecule has 21 heavy (non-hydrogen) atoms. The van der Waals surface area contributed by atoms with E-state index >= 15 is 0 Å². The van der Waals surface area contributed by atoms with Crippen molar-refractivity contribution in [3.63, 3.8) is 0 Å². The summed E-state index contributed by atoms with van der Waals surface area (Å²) < 4.78 is 0. The molecule has 0 bridgehead atoms. The number of halogens is 1. The molecule has 0 atom stereocenters. The highest BCUT2D eigenvalue weighted by atomic mass is 35.5. The maximum Gasteiger partial charge on any atom is 0.259 e. The van der Waals surface area contributed by atoms with Gasteiger partial charge < -0.3 is 16.2 Å². The molecule has 0 fully saturated rings. The summed E-state index contributed by atoms with van der Waals surface area (Å²) in [6.07, 6.45) is 0. The third-order valence-corrected chi connectivity index (χ3v) is 3.41. The van der Waals surface area contributed by atoms with Gasteiger partial charge in [0.15, 0.2) is 0 Å². The molecule has 0 heterocycles. The summed E-state index contributed by atoms with van der Waals surface area (Å²) in [5, 5.41) is 12.8. The van der Waals surface area contributed by atoms with Crippen molar-refractivity contribution in [1.29, 1.82) is 0 Å². The van der Waals surface area contributed by atoms with Gasteiger partial charge in [0.1, 0.15) is 10.7 Å². The Balaban J connectivity index is 2.36. The molecule has 4 N–H and O–H groups in total. The Kier molecular flexibility index (Phi) is 4.45. The number of phenolic OH excluding ortho intramolecular Hbond substituents is 1. The first kappa shape index (κ1) is 15.3. The van der Waals surface area contributed by atoms with Crippen molar-refractivity contribution in [2.75, 3.05) is 5.32 Å². The van der Waals surface area contributed by atoms with Crippen molar-refractivity contribution < 1.29 is 9.90 Å². The van der Waals surface area contributed by atoms with Gasteiger partial charge in [-0.3, -0.25) is 4.79 Å². The van der Waals surface area contributed by atoms with Crippen LogP contribution in [0.3, 0.4) is 0 Å². The number of thiocarbonyl (C=S) groups is 1. The van der Waals surface area contributed by atoms with E-state index in [1.807, 2.05) is 13.0 Å². The van der Waals surface area contributed by atoms with E-state index in [4.69, 9.17) is 29.6 Å². The molecular formula is C15H13ClN2O2S. The van der Waals surface area contributed by atoms with Gasteiger partial charge >= 0.3 is 0 Å². The highest BCUT2D eigenvalue weighted by molar-refractivity contribution is 7.80. The van der Waals surface area contributed by atoms with Crippen molar-refractivity contribution in [3.8, 4) is 5.75 Å². The number of benzene rings is 2. The topological polar surface area (TPSA) is 75.3 Å². The number of hydrogen-bond acceptors (Lipinski definition) is 3. The number of phenols is 1. The number of carbonyl (C=O) groups excluding carboxylic acids is 1. The zero-order valence-corrected chi connectivity index (χ0v) is 12.8. The maximum atomic E-state index is 12.2. The molecule has 1 amide bonds. The molecule has 0 spiro atoms. The summed E-state index contributed by atoms with van der Waals surface area (Å²) in [6.45, 7) is 1.85. The predicted molar refractivity (Wildman–Crippen MR) is 88.1 cm³/mol. The Labute approximate surface area is 132 Å². The van der Waals surface area contributed by atoms with Gasteiger partial charge in [-0.1, -0.05) is 36.0 Å². The monoisotopic (exact) mass is 320 g/mol. The highest BCUT2D eigenvalue weighted by Gasteiger charge is 2.15. The summed E-state index contributed by atoms with van der Waals surface area (Å²) in [5.74, 6) is -0.656. The summed E-state index contributed by atoms with van der Waals surface area (Å²) in [4.78, 5) is 12.4. The lowest BCUT2D eigenvalue weighted by Gasteiger charge is -2.13.